The van der Waals surface area contributed by atoms with Crippen LogP contribution >= 0.6 is 0 Å². The third-order valence-corrected chi connectivity index (χ3v) is 3.82. The highest BCUT2D eigenvalue weighted by Crippen LogP contribution is 2.13. The largest absolute Gasteiger partial charge is 0.350 e. The van der Waals surface area contributed by atoms with E-state index in [9.17, 15) is 9.59 Å². The van der Waals surface area contributed by atoms with Gasteiger partial charge in [0.05, 0.1) is 23.9 Å². The highest BCUT2D eigenvalue weighted by atomic mass is 16.1. The zero-order chi connectivity index (χ0) is 18.4. The van der Waals surface area contributed by atoms with Crippen LogP contribution in [0.4, 0.5) is 0 Å². The number of carbonyl (C=O) groups is 1. The van der Waals surface area contributed by atoms with Crippen LogP contribution in [0.3, 0.4) is 0 Å². The lowest BCUT2D eigenvalue weighted by atomic mass is 10.1. The van der Waals surface area contributed by atoms with Crippen LogP contribution in [-0.4, -0.2) is 22.2 Å². The van der Waals surface area contributed by atoms with E-state index in [1.807, 2.05) is 36.4 Å². The topological polar surface area (TPSA) is 87.8 Å². The molecule has 0 fully saturated rings. The quantitative estimate of drug-likeness (QED) is 0.769. The zero-order valence-corrected chi connectivity index (χ0v) is 13.9. The number of rotatable bonds is 5. The van der Waals surface area contributed by atoms with Gasteiger partial charge in [-0.2, -0.15) is 10.4 Å². The number of aromatic nitrogens is 2. The van der Waals surface area contributed by atoms with Crippen molar-refractivity contribution in [2.24, 2.45) is 0 Å². The molecule has 0 saturated carbocycles. The molecule has 6 nitrogen and oxygen atoms in total. The summed E-state index contributed by atoms with van der Waals surface area (Å²) in [7, 11) is 0. The van der Waals surface area contributed by atoms with Crippen molar-refractivity contribution < 1.29 is 4.79 Å². The number of amides is 1. The van der Waals surface area contributed by atoms with Crippen molar-refractivity contribution >= 4 is 5.91 Å². The summed E-state index contributed by atoms with van der Waals surface area (Å²) in [5.41, 5.74) is 2.35. The van der Waals surface area contributed by atoms with E-state index in [-0.39, 0.29) is 24.6 Å². The Morgan fingerprint density at radius 2 is 1.77 bits per heavy atom. The summed E-state index contributed by atoms with van der Waals surface area (Å²) in [4.78, 5) is 24.1. The number of nitriles is 1. The molecule has 0 atom stereocenters. The Morgan fingerprint density at radius 3 is 2.46 bits per heavy atom. The molecule has 6 heteroatoms. The molecule has 1 heterocycles. The van der Waals surface area contributed by atoms with Crippen LogP contribution in [-0.2, 0) is 6.54 Å². The van der Waals surface area contributed by atoms with Gasteiger partial charge in [-0.25, -0.2) is 4.68 Å². The van der Waals surface area contributed by atoms with E-state index in [0.717, 1.165) is 5.56 Å². The van der Waals surface area contributed by atoms with Crippen LogP contribution in [0.25, 0.3) is 11.3 Å². The number of hydrogen-bond acceptors (Lipinski definition) is 4. The molecular formula is C20H16N4O2. The predicted octanol–water partition coefficient (Wildman–Crippen LogP) is 2.21. The summed E-state index contributed by atoms with van der Waals surface area (Å²) >= 11 is 0. The van der Waals surface area contributed by atoms with Gasteiger partial charge in [-0.1, -0.05) is 30.3 Å². The Labute approximate surface area is 150 Å². The summed E-state index contributed by atoms with van der Waals surface area (Å²) in [6, 6.07) is 21.1. The van der Waals surface area contributed by atoms with Gasteiger partial charge in [0.2, 0.25) is 0 Å². The van der Waals surface area contributed by atoms with E-state index in [1.54, 1.807) is 30.3 Å². The molecule has 3 aromatic rings. The van der Waals surface area contributed by atoms with Gasteiger partial charge in [0, 0.05) is 23.7 Å². The van der Waals surface area contributed by atoms with E-state index >= 15 is 0 Å². The van der Waals surface area contributed by atoms with Gasteiger partial charge in [0.15, 0.2) is 0 Å². The van der Waals surface area contributed by atoms with E-state index in [1.165, 1.54) is 10.7 Å². The molecule has 1 amide bonds. The summed E-state index contributed by atoms with van der Waals surface area (Å²) in [6.07, 6.45) is 0. The van der Waals surface area contributed by atoms with Crippen LogP contribution in [0.2, 0.25) is 0 Å². The first-order valence-corrected chi connectivity index (χ1v) is 8.09. The summed E-state index contributed by atoms with van der Waals surface area (Å²) < 4.78 is 1.33. The second-order valence-electron chi connectivity index (χ2n) is 5.59. The van der Waals surface area contributed by atoms with E-state index < -0.39 is 0 Å². The number of nitrogens with zero attached hydrogens (tertiary/aromatic N) is 3. The molecule has 2 aromatic carbocycles. The fourth-order valence-corrected chi connectivity index (χ4v) is 2.45. The number of hydrogen-bond donors (Lipinski definition) is 1. The number of carbonyl (C=O) groups excluding carboxylic acids is 1. The van der Waals surface area contributed by atoms with Crippen LogP contribution < -0.4 is 10.9 Å². The number of benzene rings is 2. The maximum absolute atomic E-state index is 12.1. The molecule has 0 aliphatic rings. The maximum atomic E-state index is 12.1. The smallest absolute Gasteiger partial charge is 0.266 e. The molecule has 3 rings (SSSR count). The summed E-state index contributed by atoms with van der Waals surface area (Å²) in [6.45, 7) is 0.533. The van der Waals surface area contributed by atoms with Crippen molar-refractivity contribution in [1.82, 2.24) is 15.1 Å². The van der Waals surface area contributed by atoms with Crippen LogP contribution in [0.1, 0.15) is 15.9 Å². The minimum absolute atomic E-state index is 0.225. The molecule has 0 spiro atoms. The third kappa shape index (κ3) is 4.02. The third-order valence-electron chi connectivity index (χ3n) is 3.82. The predicted molar refractivity (Wildman–Crippen MR) is 97.4 cm³/mol. The summed E-state index contributed by atoms with van der Waals surface area (Å²) in [5.74, 6) is -0.262. The molecule has 1 aromatic heterocycles. The van der Waals surface area contributed by atoms with E-state index in [0.29, 0.717) is 16.8 Å². The van der Waals surface area contributed by atoms with Gasteiger partial charge in [0.1, 0.15) is 0 Å². The molecule has 0 aliphatic carbocycles. The maximum Gasteiger partial charge on any atom is 0.266 e. The average Bonchev–Trinajstić information content (AvgIpc) is 2.70. The molecule has 26 heavy (non-hydrogen) atoms. The van der Waals surface area contributed by atoms with Crippen molar-refractivity contribution in [3.05, 3.63) is 88.2 Å². The van der Waals surface area contributed by atoms with Crippen molar-refractivity contribution in [3.8, 4) is 17.3 Å². The molecule has 0 saturated heterocycles. The SMILES string of the molecule is N#Cc1ccc(C(=O)NCCn2nc(-c3ccccc3)ccc2=O)cc1. The first-order chi connectivity index (χ1) is 12.7. The lowest BCUT2D eigenvalue weighted by Gasteiger charge is -2.08. The standard InChI is InChI=1S/C20H16N4O2/c21-14-15-6-8-17(9-7-15)20(26)22-12-13-24-19(25)11-10-18(23-24)16-4-2-1-3-5-16/h1-11H,12-13H2,(H,22,26). The molecule has 0 radical (unpaired) electrons. The minimum Gasteiger partial charge on any atom is -0.350 e. The molecular weight excluding hydrogens is 328 g/mol. The molecule has 0 unspecified atom stereocenters. The first-order valence-electron chi connectivity index (χ1n) is 8.09. The Kier molecular flexibility index (Phi) is 5.20. The van der Waals surface area contributed by atoms with E-state index in [2.05, 4.69) is 10.4 Å². The van der Waals surface area contributed by atoms with Crippen LogP contribution in [0.15, 0.2) is 71.5 Å². The number of nitrogens with one attached hydrogen (secondary N) is 1. The highest BCUT2D eigenvalue weighted by Gasteiger charge is 2.06. The highest BCUT2D eigenvalue weighted by molar-refractivity contribution is 5.94. The van der Waals surface area contributed by atoms with Gasteiger partial charge < -0.3 is 5.32 Å². The normalized spacial score (nSPS) is 10.1. The molecule has 0 aliphatic heterocycles. The second kappa shape index (κ2) is 7.90. The lowest BCUT2D eigenvalue weighted by Crippen LogP contribution is -2.31. The van der Waals surface area contributed by atoms with Crippen molar-refractivity contribution in [2.45, 2.75) is 6.54 Å². The first kappa shape index (κ1) is 17.1. The fourth-order valence-electron chi connectivity index (χ4n) is 2.45. The lowest BCUT2D eigenvalue weighted by molar-refractivity contribution is 0.0951. The van der Waals surface area contributed by atoms with Crippen molar-refractivity contribution in [2.75, 3.05) is 6.54 Å². The molecule has 1 N–H and O–H groups in total. The zero-order valence-electron chi connectivity index (χ0n) is 13.9. The average molecular weight is 344 g/mol. The Hall–Kier alpha value is -3.72. The van der Waals surface area contributed by atoms with Gasteiger partial charge in [-0.15, -0.1) is 0 Å². The Morgan fingerprint density at radius 1 is 1.04 bits per heavy atom. The van der Waals surface area contributed by atoms with Gasteiger partial charge in [-0.3, -0.25) is 9.59 Å². The van der Waals surface area contributed by atoms with Crippen molar-refractivity contribution in [3.63, 3.8) is 0 Å². The van der Waals surface area contributed by atoms with Crippen LogP contribution in [0.5, 0.6) is 0 Å². The summed E-state index contributed by atoms with van der Waals surface area (Å²) in [5, 5.41) is 15.9. The van der Waals surface area contributed by atoms with Gasteiger partial charge >= 0.3 is 0 Å². The van der Waals surface area contributed by atoms with Crippen molar-refractivity contribution in [1.29, 1.82) is 5.26 Å². The Balaban J connectivity index is 1.65. The van der Waals surface area contributed by atoms with E-state index in [4.69, 9.17) is 5.26 Å². The van der Waals surface area contributed by atoms with Crippen LogP contribution in [0, 0.1) is 11.3 Å². The molecule has 128 valence electrons. The second-order valence-corrected chi connectivity index (χ2v) is 5.59. The van der Waals surface area contributed by atoms with Gasteiger partial charge in [-0.05, 0) is 30.3 Å². The Bertz CT molecular complexity index is 1000. The minimum atomic E-state index is -0.262. The van der Waals surface area contributed by atoms with Gasteiger partial charge in [0.25, 0.3) is 11.5 Å². The molecule has 0 bridgehead atoms. The fraction of sp³-hybridized carbons (Fsp3) is 0.100. The monoisotopic (exact) mass is 344 g/mol.